The first-order valence-corrected chi connectivity index (χ1v) is 3.95. The molecule has 0 bridgehead atoms. The molecule has 0 saturated carbocycles. The van der Waals surface area contributed by atoms with Gasteiger partial charge in [0.2, 0.25) is 0 Å². The number of allylic oxidation sites excluding steroid dienone is 2. The maximum atomic E-state index is 10.7. The number of Topliss-reactive ketones (excluding diaryl/α,β-unsaturated/α-hetero) is 1. The summed E-state index contributed by atoms with van der Waals surface area (Å²) in [4.78, 5) is 12.9. The number of carbonyl (C=O) groups is 1. The van der Waals surface area contributed by atoms with Gasteiger partial charge in [-0.05, 0) is 6.42 Å². The second kappa shape index (κ2) is 2.62. The van der Waals surface area contributed by atoms with E-state index in [4.69, 9.17) is 0 Å². The second-order valence-corrected chi connectivity index (χ2v) is 3.06. The van der Waals surface area contributed by atoms with Gasteiger partial charge in [-0.1, -0.05) is 24.3 Å². The highest BCUT2D eigenvalue weighted by molar-refractivity contribution is 5.87. The first-order chi connectivity index (χ1) is 5.36. The average molecular weight is 149 g/mol. The van der Waals surface area contributed by atoms with Crippen LogP contribution in [0.5, 0.6) is 0 Å². The van der Waals surface area contributed by atoms with Crippen LogP contribution in [0.2, 0.25) is 0 Å². The third-order valence-corrected chi connectivity index (χ3v) is 2.19. The van der Waals surface area contributed by atoms with Gasteiger partial charge in [-0.25, -0.2) is 0 Å². The highest BCUT2D eigenvalue weighted by Crippen LogP contribution is 2.15. The summed E-state index contributed by atoms with van der Waals surface area (Å²) in [5, 5.41) is 0. The van der Waals surface area contributed by atoms with Crippen molar-refractivity contribution in [3.05, 3.63) is 24.3 Å². The van der Waals surface area contributed by atoms with Crippen LogP contribution in [-0.4, -0.2) is 29.8 Å². The number of likely N-dealkylation sites (tertiary alicyclic amines) is 1. The van der Waals surface area contributed by atoms with Crippen molar-refractivity contribution in [3.8, 4) is 0 Å². The molecule has 2 aliphatic rings. The van der Waals surface area contributed by atoms with E-state index in [1.807, 2.05) is 0 Å². The van der Waals surface area contributed by atoms with E-state index in [9.17, 15) is 4.79 Å². The number of nitrogens with zero attached hydrogens (tertiary/aromatic N) is 1. The second-order valence-electron chi connectivity index (χ2n) is 3.06. The number of rotatable bonds is 1. The van der Waals surface area contributed by atoms with Crippen LogP contribution < -0.4 is 0 Å². The Kier molecular flexibility index (Phi) is 1.62. The molecule has 0 spiro atoms. The van der Waals surface area contributed by atoms with Crippen molar-refractivity contribution >= 4 is 5.78 Å². The van der Waals surface area contributed by atoms with Crippen molar-refractivity contribution in [2.75, 3.05) is 13.1 Å². The van der Waals surface area contributed by atoms with Crippen molar-refractivity contribution in [1.82, 2.24) is 4.90 Å². The monoisotopic (exact) mass is 149 g/mol. The predicted octanol–water partition coefficient (Wildman–Crippen LogP) is 0.756. The zero-order valence-electron chi connectivity index (χ0n) is 6.36. The molecular formula is C9H11NO. The molecular weight excluding hydrogens is 138 g/mol. The van der Waals surface area contributed by atoms with Crippen molar-refractivity contribution in [2.45, 2.75) is 12.5 Å². The lowest BCUT2D eigenvalue weighted by atomic mass is 10.0. The highest BCUT2D eigenvalue weighted by Gasteiger charge is 2.28. The Labute approximate surface area is 66.2 Å². The quantitative estimate of drug-likeness (QED) is 0.548. The van der Waals surface area contributed by atoms with Crippen LogP contribution in [0.4, 0.5) is 0 Å². The smallest absolute Gasteiger partial charge is 0.160 e. The Hall–Kier alpha value is -0.890. The summed E-state index contributed by atoms with van der Waals surface area (Å²) in [5.74, 6) is 0.368. The van der Waals surface area contributed by atoms with Gasteiger partial charge in [0, 0.05) is 6.04 Å². The molecule has 0 N–H and O–H groups in total. The van der Waals surface area contributed by atoms with E-state index in [-0.39, 0.29) is 0 Å². The molecule has 1 aliphatic heterocycles. The number of hydrogen-bond donors (Lipinski definition) is 0. The van der Waals surface area contributed by atoms with E-state index in [0.717, 1.165) is 6.42 Å². The van der Waals surface area contributed by atoms with Gasteiger partial charge in [0.25, 0.3) is 0 Å². The minimum atomic E-state index is 0.368. The van der Waals surface area contributed by atoms with Crippen LogP contribution in [0.15, 0.2) is 24.3 Å². The Morgan fingerprint density at radius 2 is 2.18 bits per heavy atom. The fourth-order valence-corrected chi connectivity index (χ4v) is 1.48. The van der Waals surface area contributed by atoms with E-state index in [1.165, 1.54) is 0 Å². The lowest BCUT2D eigenvalue weighted by Crippen LogP contribution is -2.52. The predicted molar refractivity (Wildman–Crippen MR) is 43.3 cm³/mol. The zero-order valence-corrected chi connectivity index (χ0v) is 6.36. The molecule has 11 heavy (non-hydrogen) atoms. The number of hydrogen-bond acceptors (Lipinski definition) is 2. The summed E-state index contributed by atoms with van der Waals surface area (Å²) in [6.45, 7) is 1.31. The minimum absolute atomic E-state index is 0.368. The summed E-state index contributed by atoms with van der Waals surface area (Å²) in [6.07, 6.45) is 9.47. The Morgan fingerprint density at radius 1 is 1.36 bits per heavy atom. The summed E-state index contributed by atoms with van der Waals surface area (Å²) < 4.78 is 0. The van der Waals surface area contributed by atoms with Gasteiger partial charge in [-0.15, -0.1) is 0 Å². The van der Waals surface area contributed by atoms with E-state index in [2.05, 4.69) is 29.2 Å². The van der Waals surface area contributed by atoms with Crippen molar-refractivity contribution in [3.63, 3.8) is 0 Å². The van der Waals surface area contributed by atoms with Gasteiger partial charge in [-0.2, -0.15) is 0 Å². The standard InChI is InChI=1S/C9H11NO/c11-9-6-10(7-9)8-4-2-1-3-5-8/h1-4,8H,5-7H2/t8-/m0/s1. The zero-order chi connectivity index (χ0) is 7.68. The Bertz CT molecular complexity index is 222. The highest BCUT2D eigenvalue weighted by atomic mass is 16.1. The minimum Gasteiger partial charge on any atom is -0.297 e. The molecule has 2 rings (SSSR count). The Balaban J connectivity index is 1.92. The van der Waals surface area contributed by atoms with E-state index < -0.39 is 0 Å². The van der Waals surface area contributed by atoms with Gasteiger partial charge in [0.1, 0.15) is 0 Å². The van der Waals surface area contributed by atoms with Crippen LogP contribution in [0.1, 0.15) is 6.42 Å². The third-order valence-electron chi connectivity index (χ3n) is 2.19. The number of ketones is 1. The Morgan fingerprint density at radius 3 is 2.73 bits per heavy atom. The van der Waals surface area contributed by atoms with Crippen LogP contribution >= 0.6 is 0 Å². The van der Waals surface area contributed by atoms with E-state index in [0.29, 0.717) is 24.9 Å². The van der Waals surface area contributed by atoms with Crippen molar-refractivity contribution in [2.24, 2.45) is 0 Å². The molecule has 1 saturated heterocycles. The van der Waals surface area contributed by atoms with Gasteiger partial charge in [-0.3, -0.25) is 9.69 Å². The van der Waals surface area contributed by atoms with Crippen molar-refractivity contribution in [1.29, 1.82) is 0 Å². The van der Waals surface area contributed by atoms with Crippen LogP contribution in [0.25, 0.3) is 0 Å². The molecule has 1 aliphatic carbocycles. The molecule has 1 fully saturated rings. The molecule has 1 atom stereocenters. The van der Waals surface area contributed by atoms with Crippen LogP contribution in [0.3, 0.4) is 0 Å². The van der Waals surface area contributed by atoms with Gasteiger partial charge in [0.05, 0.1) is 13.1 Å². The fourth-order valence-electron chi connectivity index (χ4n) is 1.48. The molecule has 1 heterocycles. The summed E-state index contributed by atoms with van der Waals surface area (Å²) in [5.41, 5.74) is 0. The molecule has 58 valence electrons. The molecule has 0 aromatic heterocycles. The number of carbonyl (C=O) groups excluding carboxylic acids is 1. The fraction of sp³-hybridized carbons (Fsp3) is 0.444. The van der Waals surface area contributed by atoms with Crippen LogP contribution in [-0.2, 0) is 4.79 Å². The summed E-state index contributed by atoms with van der Waals surface area (Å²) in [7, 11) is 0. The van der Waals surface area contributed by atoms with Crippen molar-refractivity contribution < 1.29 is 4.79 Å². The molecule has 0 amide bonds. The lowest BCUT2D eigenvalue weighted by molar-refractivity contribution is -0.130. The SMILES string of the molecule is O=C1CN([C@H]2C=CC=CC2)C1. The largest absolute Gasteiger partial charge is 0.297 e. The lowest BCUT2D eigenvalue weighted by Gasteiger charge is -2.35. The molecule has 0 unspecified atom stereocenters. The maximum absolute atomic E-state index is 10.7. The van der Waals surface area contributed by atoms with Gasteiger partial charge >= 0.3 is 0 Å². The van der Waals surface area contributed by atoms with E-state index in [1.54, 1.807) is 0 Å². The first-order valence-electron chi connectivity index (χ1n) is 3.95. The topological polar surface area (TPSA) is 20.3 Å². The normalized spacial score (nSPS) is 30.5. The average Bonchev–Trinajstić information content (AvgIpc) is 2.01. The molecule has 0 aromatic carbocycles. The first kappa shape index (κ1) is 6.80. The van der Waals surface area contributed by atoms with Gasteiger partial charge < -0.3 is 0 Å². The van der Waals surface area contributed by atoms with E-state index >= 15 is 0 Å². The summed E-state index contributed by atoms with van der Waals surface area (Å²) in [6, 6.07) is 0.484. The third kappa shape index (κ3) is 1.26. The van der Waals surface area contributed by atoms with Gasteiger partial charge in [0.15, 0.2) is 5.78 Å². The molecule has 2 heteroatoms. The molecule has 0 radical (unpaired) electrons. The molecule has 2 nitrogen and oxygen atoms in total. The maximum Gasteiger partial charge on any atom is 0.160 e. The van der Waals surface area contributed by atoms with Crippen LogP contribution in [0, 0.1) is 0 Å². The molecule has 0 aromatic rings. The summed E-state index contributed by atoms with van der Waals surface area (Å²) >= 11 is 0.